The van der Waals surface area contributed by atoms with Gasteiger partial charge in [0.25, 0.3) is 17.4 Å². The number of fused-ring (bicyclic) bond motifs is 2. The molecule has 0 radical (unpaired) electrons. The third-order valence-electron chi connectivity index (χ3n) is 8.95. The number of carboxylic acids is 2. The third kappa shape index (κ3) is 9.58. The summed E-state index contributed by atoms with van der Waals surface area (Å²) in [5.74, 6) is -5.81. The second-order valence-electron chi connectivity index (χ2n) is 12.4. The minimum absolute atomic E-state index is 0. The van der Waals surface area contributed by atoms with Crippen LogP contribution in [0.1, 0.15) is 19.0 Å². The van der Waals surface area contributed by atoms with Gasteiger partial charge in [0.1, 0.15) is 34.3 Å². The van der Waals surface area contributed by atoms with Crippen molar-refractivity contribution in [2.75, 3.05) is 24.3 Å². The second-order valence-corrected chi connectivity index (χ2v) is 17.9. The van der Waals surface area contributed by atoms with E-state index in [1.165, 1.54) is 55.3 Å². The summed E-state index contributed by atoms with van der Waals surface area (Å²) in [4.78, 5) is 86.3. The zero-order chi connectivity index (χ0) is 40.9. The van der Waals surface area contributed by atoms with Gasteiger partial charge in [-0.3, -0.25) is 28.8 Å². The predicted molar refractivity (Wildman–Crippen MR) is 186 cm³/mol. The zero-order valence-corrected chi connectivity index (χ0v) is 41.2. The first-order valence-electron chi connectivity index (χ1n) is 15.8. The molecule has 3 fully saturated rings. The summed E-state index contributed by atoms with van der Waals surface area (Å²) in [6.45, 7) is 1.10. The largest absolute Gasteiger partial charge is 1.00 e. The number of nitrogens with zero attached hydrogens (tertiary/aromatic N) is 10. The number of aryl methyl sites for hydroxylation is 1. The van der Waals surface area contributed by atoms with Crippen molar-refractivity contribution in [3.8, 4) is 5.88 Å². The molecule has 0 saturated carbocycles. The number of thioether (sulfide) groups is 2. The van der Waals surface area contributed by atoms with Crippen LogP contribution in [0.3, 0.4) is 0 Å². The molecular formula is C28H27N12Na3O12S4. The van der Waals surface area contributed by atoms with Crippen LogP contribution < -0.4 is 121 Å². The van der Waals surface area contributed by atoms with E-state index >= 15 is 0 Å². The van der Waals surface area contributed by atoms with Gasteiger partial charge >= 0.3 is 88.7 Å². The molecule has 31 heteroatoms. The van der Waals surface area contributed by atoms with Gasteiger partial charge in [0.05, 0.1) is 48.7 Å². The number of carbonyl (C=O) groups excluding carboxylic acids is 5. The Morgan fingerprint density at radius 3 is 2.42 bits per heavy atom. The molecule has 4 aliphatic rings. The maximum absolute atomic E-state index is 12.9. The number of carboxylic acid groups (broad SMARTS) is 2. The fourth-order valence-corrected chi connectivity index (χ4v) is 11.6. The number of nitrogens with one attached hydrogen (secondary N) is 1. The number of nitrogens with two attached hydrogens (primary N) is 1. The van der Waals surface area contributed by atoms with Crippen LogP contribution in [0, 0.1) is 0 Å². The summed E-state index contributed by atoms with van der Waals surface area (Å²) in [6, 6.07) is -2.54. The summed E-state index contributed by atoms with van der Waals surface area (Å²) in [5, 5.41) is 51.6. The van der Waals surface area contributed by atoms with Gasteiger partial charge in [-0.05, 0) is 12.5 Å². The van der Waals surface area contributed by atoms with E-state index in [0.717, 1.165) is 37.6 Å². The number of thiazole rings is 1. The van der Waals surface area contributed by atoms with Gasteiger partial charge in [-0.25, -0.2) is 18.1 Å². The summed E-state index contributed by atoms with van der Waals surface area (Å²) in [5.41, 5.74) is 4.57. The molecule has 24 nitrogen and oxygen atoms in total. The minimum Gasteiger partial charge on any atom is -0.854 e. The van der Waals surface area contributed by atoms with Gasteiger partial charge in [-0.2, -0.15) is 10.1 Å². The molecule has 5 atom stereocenters. The number of hydrogen-bond acceptors (Lipinski definition) is 22. The van der Waals surface area contributed by atoms with E-state index in [2.05, 4.69) is 35.9 Å². The standard InChI is InChI=1S/C18H18N8O7S3.C10H12N4O5S.3Na/c1-25-18(22-12(28)13(29)23-25)36-4-6-3-34-15-9(14(30)26(15)10(6)16(31)32)21-11(27)8(24-33-2)7-5-35-17(19)20-7;1-10(5-13-3-2-11-12-13)8(9(16)17)14-6(15)4-7(14)20(10,18)19;;;/h5,9,15H,3-4H2,1-2H3,(H2,19,20)(H,21,27)(H,23,29)(H,31,32);2-3,7-8H,4-5H2,1H3,(H,16,17);;;/q;;3*+1/p-3/b24-8-;;;;/t9-,15-;7-,8+,10+;;;/m11.../s1. The van der Waals surface area contributed by atoms with E-state index in [1.807, 2.05) is 0 Å². The Morgan fingerprint density at radius 1 is 1.17 bits per heavy atom. The Bertz CT molecular complexity index is 2380. The average molecular weight is 921 g/mol. The van der Waals surface area contributed by atoms with Crippen molar-refractivity contribution < 1.29 is 141 Å². The number of nitrogen functional groups attached to an aromatic ring is 1. The van der Waals surface area contributed by atoms with Crippen molar-refractivity contribution in [3.63, 3.8) is 0 Å². The predicted octanol–water partition coefficient (Wildman–Crippen LogP) is -15.0. The van der Waals surface area contributed by atoms with Crippen molar-refractivity contribution in [3.05, 3.63) is 45.1 Å². The van der Waals surface area contributed by atoms with Crippen LogP contribution in [-0.4, -0.2) is 135 Å². The van der Waals surface area contributed by atoms with Gasteiger partial charge in [-0.15, -0.1) is 28.2 Å². The summed E-state index contributed by atoms with van der Waals surface area (Å²) < 4.78 is 25.7. The zero-order valence-electron chi connectivity index (χ0n) is 32.0. The van der Waals surface area contributed by atoms with Crippen LogP contribution in [0.5, 0.6) is 5.88 Å². The second kappa shape index (κ2) is 20.1. The van der Waals surface area contributed by atoms with E-state index in [1.54, 1.807) is 0 Å². The third-order valence-corrected chi connectivity index (χ3v) is 14.8. The Kier molecular flexibility index (Phi) is 17.2. The minimum atomic E-state index is -3.84. The van der Waals surface area contributed by atoms with Crippen LogP contribution in [0.4, 0.5) is 5.13 Å². The number of hydrogen-bond donors (Lipinski definition) is 2. The molecule has 3 aromatic rings. The number of β-lactam (4-membered cyclic amide) rings is 2. The Balaban J connectivity index is 0.000000345. The van der Waals surface area contributed by atoms with Crippen molar-refractivity contribution in [2.24, 2.45) is 12.2 Å². The van der Waals surface area contributed by atoms with Gasteiger partial charge < -0.3 is 45.7 Å². The van der Waals surface area contributed by atoms with E-state index in [4.69, 9.17) is 10.6 Å². The van der Waals surface area contributed by atoms with E-state index in [0.29, 0.717) is 5.57 Å². The first kappa shape index (κ1) is 50.7. The maximum atomic E-state index is 12.9. The SMILES string of the molecule is CO/N=C(\C(=O)N[C@@H]1C(=O)N2C(C(=O)[O-])=C(CSc3nc(=O)c([O-])nn3C)CS[C@H]12)c1csc(N)n1.C[C@]1(Cn2ccnn2)[C@H](C(=O)[O-])N2C(=O)C[C@H]2S1(=O)=O.[Na+].[Na+].[Na+]. The quantitative estimate of drug-likeness (QED) is 0.0593. The molecular weight excluding hydrogens is 894 g/mol. The molecule has 3 saturated heterocycles. The number of sulfone groups is 1. The maximum Gasteiger partial charge on any atom is 1.00 e. The molecule has 3 aromatic heterocycles. The summed E-state index contributed by atoms with van der Waals surface area (Å²) >= 11 is 3.31. The fourth-order valence-electron chi connectivity index (χ4n) is 6.30. The molecule has 0 aromatic carbocycles. The molecule has 4 aliphatic heterocycles. The van der Waals surface area contributed by atoms with E-state index < -0.39 is 78.5 Å². The molecule has 7 rings (SSSR count). The Morgan fingerprint density at radius 2 is 1.86 bits per heavy atom. The normalized spacial score (nSPS) is 23.7. The van der Waals surface area contributed by atoms with E-state index in [-0.39, 0.29) is 141 Å². The van der Waals surface area contributed by atoms with Crippen LogP contribution in [0.15, 0.2) is 44.2 Å². The number of oxime groups is 1. The first-order valence-corrected chi connectivity index (χ1v) is 20.2. The molecule has 0 spiro atoms. The fraction of sp³-hybridized carbons (Fsp3) is 0.429. The van der Waals surface area contributed by atoms with Crippen molar-refractivity contribution in [1.82, 2.24) is 49.9 Å². The smallest absolute Gasteiger partial charge is 0.854 e. The molecule has 7 heterocycles. The molecule has 0 aliphatic carbocycles. The molecule has 0 bridgehead atoms. The van der Waals surface area contributed by atoms with Crippen LogP contribution in [0.25, 0.3) is 0 Å². The van der Waals surface area contributed by atoms with Gasteiger partial charge in [0, 0.05) is 30.1 Å². The number of rotatable bonds is 11. The number of aliphatic carboxylic acids is 2. The summed E-state index contributed by atoms with van der Waals surface area (Å²) in [6.07, 6.45) is 2.61. The van der Waals surface area contributed by atoms with Gasteiger partial charge in [-0.1, -0.05) is 22.1 Å². The monoisotopic (exact) mass is 920 g/mol. The Labute approximate surface area is 411 Å². The number of carbonyl (C=O) groups is 5. The van der Waals surface area contributed by atoms with Gasteiger partial charge in [0.15, 0.2) is 25.8 Å². The first-order chi connectivity index (χ1) is 26.4. The van der Waals surface area contributed by atoms with E-state index in [9.17, 15) is 52.5 Å². The van der Waals surface area contributed by atoms with Gasteiger partial charge in [0.2, 0.25) is 5.91 Å². The molecule has 3 amide bonds. The average Bonchev–Trinajstić information content (AvgIpc) is 3.84. The van der Waals surface area contributed by atoms with Crippen molar-refractivity contribution in [1.29, 1.82) is 0 Å². The summed E-state index contributed by atoms with van der Waals surface area (Å²) in [7, 11) is -1.17. The molecule has 0 unspecified atom stereocenters. The number of amides is 3. The van der Waals surface area contributed by atoms with Crippen molar-refractivity contribution >= 4 is 85.2 Å². The van der Waals surface area contributed by atoms with Crippen LogP contribution >= 0.6 is 34.9 Å². The number of anilines is 1. The Hall–Kier alpha value is -2.61. The molecule has 3 N–H and O–H groups in total. The van der Waals surface area contributed by atoms with Crippen molar-refractivity contribution in [2.45, 2.75) is 52.6 Å². The number of aromatic nitrogens is 7. The van der Waals surface area contributed by atoms with Crippen LogP contribution in [0.2, 0.25) is 0 Å². The van der Waals surface area contributed by atoms with Crippen LogP contribution in [-0.2, 0) is 52.2 Å². The topological polar surface area (TPSA) is 346 Å². The molecule has 298 valence electrons. The molecule has 59 heavy (non-hydrogen) atoms.